The summed E-state index contributed by atoms with van der Waals surface area (Å²) in [5, 5.41) is 13.2. The van der Waals surface area contributed by atoms with Gasteiger partial charge in [0.25, 0.3) is 5.91 Å². The zero-order valence-electron chi connectivity index (χ0n) is 15.0. The number of hydrogen-bond acceptors (Lipinski definition) is 5. The van der Waals surface area contributed by atoms with E-state index in [1.807, 2.05) is 0 Å². The Bertz CT molecular complexity index is 858. The number of amides is 1. The lowest BCUT2D eigenvalue weighted by Crippen LogP contribution is -2.35. The van der Waals surface area contributed by atoms with Crippen molar-refractivity contribution in [2.45, 2.75) is 12.7 Å². The maximum absolute atomic E-state index is 12.6. The number of phenols is 1. The van der Waals surface area contributed by atoms with Crippen molar-refractivity contribution in [1.82, 2.24) is 9.88 Å². The molecule has 1 amide bonds. The SMILES string of the molecule is Cl.O=C(Nc1ccc(C(F)(F)F)nc1)c1cc(Cl)cc(CN2CCOCC2)c1O. The molecule has 1 aromatic carbocycles. The summed E-state index contributed by atoms with van der Waals surface area (Å²) < 4.78 is 43.0. The molecule has 0 unspecified atom stereocenters. The van der Waals surface area contributed by atoms with E-state index in [1.54, 1.807) is 6.07 Å². The fraction of sp³-hybridized carbons (Fsp3) is 0.333. The van der Waals surface area contributed by atoms with Crippen LogP contribution in [0.15, 0.2) is 30.5 Å². The Morgan fingerprint density at radius 1 is 1.28 bits per heavy atom. The second-order valence-electron chi connectivity index (χ2n) is 6.23. The maximum Gasteiger partial charge on any atom is 0.433 e. The lowest BCUT2D eigenvalue weighted by molar-refractivity contribution is -0.141. The van der Waals surface area contributed by atoms with Crippen molar-refractivity contribution in [1.29, 1.82) is 0 Å². The van der Waals surface area contributed by atoms with Gasteiger partial charge in [-0.1, -0.05) is 11.6 Å². The Labute approximate surface area is 176 Å². The average Bonchev–Trinajstić information content (AvgIpc) is 2.65. The number of carbonyl (C=O) groups is 1. The number of aromatic hydroxyl groups is 1. The number of hydrogen-bond donors (Lipinski definition) is 2. The molecule has 0 atom stereocenters. The quantitative estimate of drug-likeness (QED) is 0.735. The summed E-state index contributed by atoms with van der Waals surface area (Å²) in [6.45, 7) is 2.92. The van der Waals surface area contributed by atoms with Gasteiger partial charge in [-0.05, 0) is 24.3 Å². The van der Waals surface area contributed by atoms with Gasteiger partial charge in [0.2, 0.25) is 0 Å². The number of carbonyl (C=O) groups excluding carboxylic acids is 1. The molecule has 6 nitrogen and oxygen atoms in total. The number of benzene rings is 1. The van der Waals surface area contributed by atoms with Crippen molar-refractivity contribution < 1.29 is 27.8 Å². The summed E-state index contributed by atoms with van der Waals surface area (Å²) in [7, 11) is 0. The Kier molecular flexibility index (Phi) is 7.70. The van der Waals surface area contributed by atoms with Crippen LogP contribution < -0.4 is 5.32 Å². The maximum atomic E-state index is 12.6. The molecule has 1 fully saturated rings. The molecule has 0 bridgehead atoms. The third kappa shape index (κ3) is 5.96. The Morgan fingerprint density at radius 2 is 1.97 bits per heavy atom. The van der Waals surface area contributed by atoms with Crippen molar-refractivity contribution in [3.05, 3.63) is 52.3 Å². The zero-order valence-corrected chi connectivity index (χ0v) is 16.6. The van der Waals surface area contributed by atoms with E-state index < -0.39 is 17.8 Å². The topological polar surface area (TPSA) is 74.7 Å². The van der Waals surface area contributed by atoms with Gasteiger partial charge in [0.15, 0.2) is 0 Å². The number of phenolic OH excluding ortho intramolecular Hbond substituents is 1. The van der Waals surface area contributed by atoms with E-state index in [-0.39, 0.29) is 34.4 Å². The molecule has 0 aliphatic carbocycles. The van der Waals surface area contributed by atoms with Gasteiger partial charge in [-0.3, -0.25) is 9.69 Å². The van der Waals surface area contributed by atoms with Crippen LogP contribution in [0.2, 0.25) is 5.02 Å². The van der Waals surface area contributed by atoms with Gasteiger partial charge < -0.3 is 15.2 Å². The Balaban J connectivity index is 0.00000300. The highest BCUT2D eigenvalue weighted by molar-refractivity contribution is 6.31. The van der Waals surface area contributed by atoms with Crippen molar-refractivity contribution in [2.75, 3.05) is 31.6 Å². The zero-order chi connectivity index (χ0) is 20.3. The first-order valence-corrected chi connectivity index (χ1v) is 8.78. The molecule has 11 heteroatoms. The number of nitrogens with zero attached hydrogens (tertiary/aromatic N) is 2. The molecule has 3 rings (SSSR count). The predicted octanol–water partition coefficient (Wildman–Crippen LogP) is 3.97. The molecule has 2 aromatic rings. The fourth-order valence-corrected chi connectivity index (χ4v) is 3.02. The van der Waals surface area contributed by atoms with Crippen LogP contribution in [0.4, 0.5) is 18.9 Å². The molecule has 2 heterocycles. The third-order valence-corrected chi connectivity index (χ3v) is 4.43. The Hall–Kier alpha value is -2.07. The van der Waals surface area contributed by atoms with Gasteiger partial charge in [0, 0.05) is 30.2 Å². The second-order valence-corrected chi connectivity index (χ2v) is 6.67. The number of anilines is 1. The first kappa shape index (κ1) is 23.2. The standard InChI is InChI=1S/C18H17ClF3N3O3.ClH/c19-12-7-11(10-25-3-5-28-6-4-25)16(26)14(8-12)17(27)24-13-1-2-15(23-9-13)18(20,21)22;/h1-2,7-9,26H,3-6,10H2,(H,24,27);1H. The van der Waals surface area contributed by atoms with Crippen molar-refractivity contribution in [2.24, 2.45) is 0 Å². The number of halogens is 5. The molecular formula is C18H18Cl2F3N3O3. The van der Waals surface area contributed by atoms with Crippen LogP contribution in [0.5, 0.6) is 5.75 Å². The minimum absolute atomic E-state index is 0. The van der Waals surface area contributed by atoms with E-state index in [0.717, 1.165) is 18.3 Å². The van der Waals surface area contributed by atoms with Crippen LogP contribution in [-0.4, -0.2) is 47.2 Å². The van der Waals surface area contributed by atoms with E-state index in [2.05, 4.69) is 15.2 Å². The van der Waals surface area contributed by atoms with E-state index in [9.17, 15) is 23.1 Å². The molecule has 0 saturated carbocycles. The van der Waals surface area contributed by atoms with E-state index >= 15 is 0 Å². The fourth-order valence-electron chi connectivity index (χ4n) is 2.78. The minimum Gasteiger partial charge on any atom is -0.507 e. The number of aromatic nitrogens is 1. The van der Waals surface area contributed by atoms with Gasteiger partial charge in [0.05, 0.1) is 30.7 Å². The monoisotopic (exact) mass is 451 g/mol. The summed E-state index contributed by atoms with van der Waals surface area (Å²) in [5.74, 6) is -0.932. The third-order valence-electron chi connectivity index (χ3n) is 4.21. The highest BCUT2D eigenvalue weighted by Gasteiger charge is 2.32. The highest BCUT2D eigenvalue weighted by atomic mass is 35.5. The summed E-state index contributed by atoms with van der Waals surface area (Å²) >= 11 is 6.09. The highest BCUT2D eigenvalue weighted by Crippen LogP contribution is 2.30. The molecular weight excluding hydrogens is 434 g/mol. The van der Waals surface area contributed by atoms with Crippen molar-refractivity contribution >= 4 is 35.6 Å². The van der Waals surface area contributed by atoms with Crippen LogP contribution in [-0.2, 0) is 17.5 Å². The molecule has 1 aliphatic heterocycles. The summed E-state index contributed by atoms with van der Waals surface area (Å²) in [6, 6.07) is 4.72. The Morgan fingerprint density at radius 3 is 2.55 bits per heavy atom. The lowest BCUT2D eigenvalue weighted by atomic mass is 10.1. The van der Waals surface area contributed by atoms with Crippen LogP contribution >= 0.6 is 24.0 Å². The van der Waals surface area contributed by atoms with Gasteiger partial charge in [-0.2, -0.15) is 13.2 Å². The molecule has 1 aromatic heterocycles. The summed E-state index contributed by atoms with van der Waals surface area (Å²) in [6.07, 6.45) is -3.67. The predicted molar refractivity (Wildman–Crippen MR) is 104 cm³/mol. The molecule has 1 saturated heterocycles. The summed E-state index contributed by atoms with van der Waals surface area (Å²) in [5.41, 5.74) is -0.600. The van der Waals surface area contributed by atoms with Crippen molar-refractivity contribution in [3.63, 3.8) is 0 Å². The van der Waals surface area contributed by atoms with E-state index in [0.29, 0.717) is 38.4 Å². The molecule has 29 heavy (non-hydrogen) atoms. The summed E-state index contributed by atoms with van der Waals surface area (Å²) in [4.78, 5) is 17.8. The van der Waals surface area contributed by atoms with E-state index in [1.165, 1.54) is 6.07 Å². The number of rotatable bonds is 4. The first-order valence-electron chi connectivity index (χ1n) is 8.40. The average molecular weight is 452 g/mol. The molecule has 2 N–H and O–H groups in total. The number of pyridine rings is 1. The second kappa shape index (κ2) is 9.62. The number of morpholine rings is 1. The van der Waals surface area contributed by atoms with Crippen LogP contribution in [0.1, 0.15) is 21.6 Å². The normalized spacial score (nSPS) is 14.9. The van der Waals surface area contributed by atoms with Crippen molar-refractivity contribution in [3.8, 4) is 5.75 Å². The van der Waals surface area contributed by atoms with Gasteiger partial charge in [-0.15, -0.1) is 12.4 Å². The number of nitrogens with one attached hydrogen (secondary N) is 1. The largest absolute Gasteiger partial charge is 0.507 e. The first-order chi connectivity index (χ1) is 13.2. The van der Waals surface area contributed by atoms with Gasteiger partial charge in [-0.25, -0.2) is 4.98 Å². The van der Waals surface area contributed by atoms with Crippen LogP contribution in [0.25, 0.3) is 0 Å². The molecule has 158 valence electrons. The molecule has 1 aliphatic rings. The minimum atomic E-state index is -4.57. The van der Waals surface area contributed by atoms with Crippen LogP contribution in [0, 0.1) is 0 Å². The lowest BCUT2D eigenvalue weighted by Gasteiger charge is -2.27. The van der Waals surface area contributed by atoms with Gasteiger partial charge >= 0.3 is 6.18 Å². The molecule has 0 spiro atoms. The van der Waals surface area contributed by atoms with E-state index in [4.69, 9.17) is 16.3 Å². The number of ether oxygens (including phenoxy) is 1. The van der Waals surface area contributed by atoms with Crippen LogP contribution in [0.3, 0.4) is 0 Å². The molecule has 0 radical (unpaired) electrons. The van der Waals surface area contributed by atoms with Gasteiger partial charge in [0.1, 0.15) is 11.4 Å². The smallest absolute Gasteiger partial charge is 0.433 e. The number of alkyl halides is 3.